The van der Waals surface area contributed by atoms with Crippen LogP contribution in [0.5, 0.6) is 0 Å². The van der Waals surface area contributed by atoms with E-state index >= 15 is 0 Å². The third kappa shape index (κ3) is 4.93. The van der Waals surface area contributed by atoms with Crippen LogP contribution in [-0.4, -0.2) is 21.7 Å². The maximum absolute atomic E-state index is 12.1. The van der Waals surface area contributed by atoms with Gasteiger partial charge in [0, 0.05) is 11.3 Å². The fourth-order valence-electron chi connectivity index (χ4n) is 1.98. The van der Waals surface area contributed by atoms with Crippen LogP contribution in [0.15, 0.2) is 63.3 Å². The second kappa shape index (κ2) is 8.46. The number of hydrogen-bond acceptors (Lipinski definition) is 6. The first-order valence-corrected chi connectivity index (χ1v) is 10.2. The van der Waals surface area contributed by atoms with E-state index in [1.807, 2.05) is 30.3 Å². The van der Waals surface area contributed by atoms with Gasteiger partial charge in [-0.1, -0.05) is 95.0 Å². The van der Waals surface area contributed by atoms with Crippen molar-refractivity contribution >= 4 is 40.6 Å². The molecule has 24 heavy (non-hydrogen) atoms. The molecule has 0 aliphatic heterocycles. The summed E-state index contributed by atoms with van der Waals surface area (Å²) in [6.07, 6.45) is 0. The highest BCUT2D eigenvalue weighted by molar-refractivity contribution is 8.03. The fraction of sp³-hybridized carbons (Fsp3) is 0.167. The summed E-state index contributed by atoms with van der Waals surface area (Å²) in [5, 5.41) is 8.37. The van der Waals surface area contributed by atoms with E-state index < -0.39 is 0 Å². The van der Waals surface area contributed by atoms with Gasteiger partial charge in [0.1, 0.15) is 0 Å². The van der Waals surface area contributed by atoms with E-state index in [9.17, 15) is 4.79 Å². The Bertz CT molecular complexity index is 801. The molecule has 1 aromatic heterocycles. The highest BCUT2D eigenvalue weighted by Crippen LogP contribution is 2.31. The van der Waals surface area contributed by atoms with Gasteiger partial charge in [0.05, 0.1) is 5.75 Å². The van der Waals surface area contributed by atoms with Gasteiger partial charge in [-0.25, -0.2) is 0 Å². The van der Waals surface area contributed by atoms with Crippen molar-refractivity contribution in [2.75, 3.05) is 5.75 Å². The molecular weight excluding hydrogens is 356 g/mol. The van der Waals surface area contributed by atoms with Crippen molar-refractivity contribution in [3.8, 4) is 0 Å². The van der Waals surface area contributed by atoms with E-state index in [1.165, 1.54) is 22.9 Å². The molecular formula is C18H16N2OS3. The van der Waals surface area contributed by atoms with Gasteiger partial charge in [0.2, 0.25) is 0 Å². The first-order chi connectivity index (χ1) is 11.7. The van der Waals surface area contributed by atoms with Crippen LogP contribution in [0.25, 0.3) is 0 Å². The van der Waals surface area contributed by atoms with Crippen molar-refractivity contribution < 1.29 is 4.79 Å². The van der Waals surface area contributed by atoms with Crippen LogP contribution in [0, 0.1) is 6.92 Å². The number of aryl methyl sites for hydroxylation is 1. The van der Waals surface area contributed by atoms with Crippen LogP contribution in [-0.2, 0) is 5.75 Å². The Morgan fingerprint density at radius 2 is 1.62 bits per heavy atom. The molecule has 0 amide bonds. The van der Waals surface area contributed by atoms with Gasteiger partial charge in [-0.3, -0.25) is 4.79 Å². The average Bonchev–Trinajstić information content (AvgIpc) is 3.08. The Morgan fingerprint density at radius 3 is 2.33 bits per heavy atom. The summed E-state index contributed by atoms with van der Waals surface area (Å²) in [5.41, 5.74) is 3.28. The molecule has 0 aliphatic rings. The molecule has 0 radical (unpaired) electrons. The number of benzene rings is 2. The second-order valence-corrected chi connectivity index (χ2v) is 8.61. The smallest absolute Gasteiger partial charge is 0.175 e. The number of aromatic nitrogens is 2. The number of thioether (sulfide) groups is 2. The molecule has 0 N–H and O–H groups in total. The Labute approximate surface area is 153 Å². The number of carbonyl (C=O) groups is 1. The SMILES string of the molecule is Cc1ccc(CSc2nnc(SCC(=O)c3ccccc3)s2)cc1. The Balaban J connectivity index is 1.50. The molecule has 2 aromatic carbocycles. The number of nitrogens with zero attached hydrogens (tertiary/aromatic N) is 2. The van der Waals surface area contributed by atoms with Crippen LogP contribution < -0.4 is 0 Å². The third-order valence-electron chi connectivity index (χ3n) is 3.29. The van der Waals surface area contributed by atoms with Crippen LogP contribution in [0.4, 0.5) is 0 Å². The summed E-state index contributed by atoms with van der Waals surface area (Å²) in [6, 6.07) is 17.9. The van der Waals surface area contributed by atoms with Crippen molar-refractivity contribution in [3.05, 3.63) is 71.3 Å². The van der Waals surface area contributed by atoms with E-state index in [-0.39, 0.29) is 5.78 Å². The normalized spacial score (nSPS) is 10.7. The molecule has 122 valence electrons. The van der Waals surface area contributed by atoms with Gasteiger partial charge >= 0.3 is 0 Å². The molecule has 0 fully saturated rings. The topological polar surface area (TPSA) is 42.9 Å². The highest BCUT2D eigenvalue weighted by Gasteiger charge is 2.10. The van der Waals surface area contributed by atoms with Gasteiger partial charge in [-0.05, 0) is 12.5 Å². The molecule has 0 bridgehead atoms. The third-order valence-corrected chi connectivity index (χ3v) is 6.55. The van der Waals surface area contributed by atoms with E-state index in [1.54, 1.807) is 23.1 Å². The lowest BCUT2D eigenvalue weighted by Gasteiger charge is -1.99. The van der Waals surface area contributed by atoms with Crippen LogP contribution >= 0.6 is 34.9 Å². The first kappa shape index (κ1) is 17.2. The molecule has 0 aliphatic carbocycles. The number of ketones is 1. The average molecular weight is 373 g/mol. The van der Waals surface area contributed by atoms with Crippen molar-refractivity contribution in [1.29, 1.82) is 0 Å². The minimum atomic E-state index is 0.115. The Morgan fingerprint density at radius 1 is 0.958 bits per heavy atom. The predicted octanol–water partition coefficient (Wildman–Crippen LogP) is 5.11. The zero-order valence-corrected chi connectivity index (χ0v) is 15.6. The summed E-state index contributed by atoms with van der Waals surface area (Å²) in [7, 11) is 0. The van der Waals surface area contributed by atoms with Crippen LogP contribution in [0.2, 0.25) is 0 Å². The Kier molecular flexibility index (Phi) is 6.07. The largest absolute Gasteiger partial charge is 0.293 e. The summed E-state index contributed by atoms with van der Waals surface area (Å²) in [5.74, 6) is 1.38. The number of hydrogen-bond donors (Lipinski definition) is 0. The van der Waals surface area contributed by atoms with Gasteiger partial charge in [-0.15, -0.1) is 10.2 Å². The van der Waals surface area contributed by atoms with Crippen LogP contribution in [0.1, 0.15) is 21.5 Å². The summed E-state index contributed by atoms with van der Waals surface area (Å²) in [4.78, 5) is 12.1. The van der Waals surface area contributed by atoms with Crippen molar-refractivity contribution in [3.63, 3.8) is 0 Å². The minimum absolute atomic E-state index is 0.115. The Hall–Kier alpha value is -1.63. The van der Waals surface area contributed by atoms with Crippen molar-refractivity contribution in [2.45, 2.75) is 21.4 Å². The van der Waals surface area contributed by atoms with Crippen molar-refractivity contribution in [2.24, 2.45) is 0 Å². The molecule has 1 heterocycles. The second-order valence-electron chi connectivity index (χ2n) is 5.19. The zero-order valence-electron chi connectivity index (χ0n) is 13.1. The maximum Gasteiger partial charge on any atom is 0.175 e. The van der Waals surface area contributed by atoms with Gasteiger partial charge < -0.3 is 0 Å². The van der Waals surface area contributed by atoms with E-state index in [2.05, 4.69) is 41.4 Å². The first-order valence-electron chi connectivity index (χ1n) is 7.43. The predicted molar refractivity (Wildman–Crippen MR) is 102 cm³/mol. The molecule has 0 saturated carbocycles. The summed E-state index contributed by atoms with van der Waals surface area (Å²) >= 11 is 4.67. The van der Waals surface area contributed by atoms with E-state index in [4.69, 9.17) is 0 Å². The summed E-state index contributed by atoms with van der Waals surface area (Å²) in [6.45, 7) is 2.09. The number of carbonyl (C=O) groups excluding carboxylic acids is 1. The number of rotatable bonds is 7. The van der Waals surface area contributed by atoms with E-state index in [0.29, 0.717) is 5.75 Å². The molecule has 0 atom stereocenters. The monoisotopic (exact) mass is 372 g/mol. The molecule has 3 nitrogen and oxygen atoms in total. The molecule has 3 aromatic rings. The quantitative estimate of drug-likeness (QED) is 0.426. The van der Waals surface area contributed by atoms with E-state index in [0.717, 1.165) is 20.0 Å². The maximum atomic E-state index is 12.1. The van der Waals surface area contributed by atoms with Gasteiger partial charge in [-0.2, -0.15) is 0 Å². The molecule has 0 spiro atoms. The van der Waals surface area contributed by atoms with Crippen molar-refractivity contribution in [1.82, 2.24) is 10.2 Å². The van der Waals surface area contributed by atoms with Crippen LogP contribution in [0.3, 0.4) is 0 Å². The van der Waals surface area contributed by atoms with Gasteiger partial charge in [0.15, 0.2) is 14.5 Å². The number of Topliss-reactive ketones (excluding diaryl/α,β-unsaturated/α-hetero) is 1. The molecule has 3 rings (SSSR count). The highest BCUT2D eigenvalue weighted by atomic mass is 32.2. The lowest BCUT2D eigenvalue weighted by Crippen LogP contribution is -2.01. The zero-order chi connectivity index (χ0) is 16.8. The molecule has 6 heteroatoms. The lowest BCUT2D eigenvalue weighted by molar-refractivity contribution is 0.102. The lowest BCUT2D eigenvalue weighted by atomic mass is 10.2. The standard InChI is InChI=1S/C18H16N2OS3/c1-13-7-9-14(10-8-13)11-22-17-19-20-18(24-17)23-12-16(21)15-5-3-2-4-6-15/h2-10H,11-12H2,1H3. The molecule has 0 unspecified atom stereocenters. The van der Waals surface area contributed by atoms with Gasteiger partial charge in [0.25, 0.3) is 0 Å². The fourth-order valence-corrected chi connectivity index (χ4v) is 4.85. The minimum Gasteiger partial charge on any atom is -0.293 e. The molecule has 0 saturated heterocycles. The summed E-state index contributed by atoms with van der Waals surface area (Å²) < 4.78 is 1.77.